The predicted octanol–water partition coefficient (Wildman–Crippen LogP) is 5.83. The lowest BCUT2D eigenvalue weighted by molar-refractivity contribution is 0.794. The van der Waals surface area contributed by atoms with Crippen molar-refractivity contribution in [2.75, 3.05) is 4.90 Å². The lowest BCUT2D eigenvalue weighted by Crippen LogP contribution is -2.17. The molecule has 142 valence electrons. The summed E-state index contributed by atoms with van der Waals surface area (Å²) in [5.41, 5.74) is 5.14. The zero-order valence-corrected chi connectivity index (χ0v) is 16.5. The van der Waals surface area contributed by atoms with E-state index in [0.29, 0.717) is 6.54 Å². The minimum atomic E-state index is 0.669. The minimum Gasteiger partial charge on any atom is -0.334 e. The Bertz CT molecular complexity index is 725. The van der Waals surface area contributed by atoms with Crippen molar-refractivity contribution in [3.05, 3.63) is 71.8 Å². The molecule has 0 bridgehead atoms. The topological polar surface area (TPSA) is 44.8 Å². The van der Waals surface area contributed by atoms with Crippen LogP contribution in [0.15, 0.2) is 54.9 Å². The normalized spacial score (nSPS) is 10.9. The highest BCUT2D eigenvalue weighted by Gasteiger charge is 2.12. The summed E-state index contributed by atoms with van der Waals surface area (Å²) in [6, 6.07) is 17.8. The molecule has 0 saturated heterocycles. The Balaban J connectivity index is 1.82. The number of unbranched alkanes of at least 4 members (excludes halogenated alkanes) is 2. The molecular formula is C23H30N4. The molecule has 0 aliphatic carbocycles. The van der Waals surface area contributed by atoms with E-state index in [9.17, 15) is 0 Å². The Labute approximate surface area is 162 Å². The number of benzene rings is 2. The van der Waals surface area contributed by atoms with E-state index >= 15 is 0 Å². The standard InChI is InChI=1S/C23H30N4/c1-3-5-7-19-9-13-21(14-10-19)27(17-23-24-18-25-26-23)22-15-11-20(12-16-22)8-6-4-2/h9-16,18H,3-8,17H2,1-2H3,(H,24,25,26). The average molecular weight is 363 g/mol. The summed E-state index contributed by atoms with van der Waals surface area (Å²) in [4.78, 5) is 6.60. The molecule has 1 heterocycles. The highest BCUT2D eigenvalue weighted by molar-refractivity contribution is 5.63. The largest absolute Gasteiger partial charge is 0.334 e. The summed E-state index contributed by atoms with van der Waals surface area (Å²) in [6.07, 6.45) is 8.78. The molecule has 0 spiro atoms. The SMILES string of the molecule is CCCCc1ccc(N(Cc2ncn[nH]2)c2ccc(CCCC)cc2)cc1. The molecule has 0 aliphatic heterocycles. The Morgan fingerprint density at radius 1 is 0.778 bits per heavy atom. The zero-order chi connectivity index (χ0) is 18.9. The van der Waals surface area contributed by atoms with E-state index in [1.54, 1.807) is 6.33 Å². The molecule has 1 aromatic heterocycles. The van der Waals surface area contributed by atoms with Gasteiger partial charge in [-0.25, -0.2) is 4.98 Å². The maximum atomic E-state index is 4.31. The number of anilines is 2. The molecule has 4 nitrogen and oxygen atoms in total. The molecule has 0 radical (unpaired) electrons. The van der Waals surface area contributed by atoms with Gasteiger partial charge in [0, 0.05) is 11.4 Å². The fourth-order valence-corrected chi connectivity index (χ4v) is 3.24. The number of H-pyrrole nitrogens is 1. The van der Waals surface area contributed by atoms with E-state index in [1.807, 2.05) is 0 Å². The third kappa shape index (κ3) is 5.43. The van der Waals surface area contributed by atoms with Gasteiger partial charge in [0.25, 0.3) is 0 Å². The monoisotopic (exact) mass is 362 g/mol. The second-order valence-electron chi connectivity index (χ2n) is 7.06. The maximum Gasteiger partial charge on any atom is 0.144 e. The van der Waals surface area contributed by atoms with Gasteiger partial charge in [0.05, 0.1) is 6.54 Å². The summed E-state index contributed by atoms with van der Waals surface area (Å²) >= 11 is 0. The predicted molar refractivity (Wildman–Crippen MR) is 112 cm³/mol. The molecule has 3 aromatic rings. The molecule has 1 N–H and O–H groups in total. The van der Waals surface area contributed by atoms with Crippen molar-refractivity contribution in [1.29, 1.82) is 0 Å². The molecule has 4 heteroatoms. The fourth-order valence-electron chi connectivity index (χ4n) is 3.24. The Kier molecular flexibility index (Phi) is 7.03. The molecule has 0 amide bonds. The number of nitrogens with one attached hydrogen (secondary N) is 1. The summed E-state index contributed by atoms with van der Waals surface area (Å²) in [5, 5.41) is 6.98. The first kappa shape index (κ1) is 19.2. The summed E-state index contributed by atoms with van der Waals surface area (Å²) < 4.78 is 0. The van der Waals surface area contributed by atoms with Gasteiger partial charge in [0.1, 0.15) is 12.2 Å². The second-order valence-corrected chi connectivity index (χ2v) is 7.06. The van der Waals surface area contributed by atoms with Gasteiger partial charge in [0.2, 0.25) is 0 Å². The molecule has 0 atom stereocenters. The minimum absolute atomic E-state index is 0.669. The Morgan fingerprint density at radius 3 is 1.70 bits per heavy atom. The van der Waals surface area contributed by atoms with Crippen molar-refractivity contribution < 1.29 is 0 Å². The third-order valence-electron chi connectivity index (χ3n) is 4.91. The van der Waals surface area contributed by atoms with E-state index in [1.165, 1.54) is 48.2 Å². The van der Waals surface area contributed by atoms with Crippen molar-refractivity contribution >= 4 is 11.4 Å². The van der Waals surface area contributed by atoms with Crippen LogP contribution >= 0.6 is 0 Å². The summed E-state index contributed by atoms with van der Waals surface area (Å²) in [5.74, 6) is 0.861. The van der Waals surface area contributed by atoms with Gasteiger partial charge in [-0.2, -0.15) is 5.10 Å². The molecule has 27 heavy (non-hydrogen) atoms. The number of hydrogen-bond acceptors (Lipinski definition) is 3. The van der Waals surface area contributed by atoms with E-state index in [2.05, 4.69) is 82.5 Å². The fraction of sp³-hybridized carbons (Fsp3) is 0.391. The van der Waals surface area contributed by atoms with Crippen LogP contribution in [0, 0.1) is 0 Å². The highest BCUT2D eigenvalue weighted by Crippen LogP contribution is 2.28. The van der Waals surface area contributed by atoms with Crippen molar-refractivity contribution in [3.63, 3.8) is 0 Å². The van der Waals surface area contributed by atoms with Crippen LogP contribution in [-0.2, 0) is 19.4 Å². The lowest BCUT2D eigenvalue weighted by Gasteiger charge is -2.24. The number of rotatable bonds is 10. The summed E-state index contributed by atoms with van der Waals surface area (Å²) in [6.45, 7) is 5.14. The van der Waals surface area contributed by atoms with E-state index in [-0.39, 0.29) is 0 Å². The van der Waals surface area contributed by atoms with Crippen LogP contribution in [-0.4, -0.2) is 15.2 Å². The van der Waals surface area contributed by atoms with Crippen LogP contribution in [0.4, 0.5) is 11.4 Å². The molecule has 0 fully saturated rings. The van der Waals surface area contributed by atoms with Gasteiger partial charge in [0.15, 0.2) is 0 Å². The number of nitrogens with zero attached hydrogens (tertiary/aromatic N) is 3. The zero-order valence-electron chi connectivity index (χ0n) is 16.5. The molecular weight excluding hydrogens is 332 g/mol. The molecule has 0 saturated carbocycles. The van der Waals surface area contributed by atoms with Crippen molar-refractivity contribution in [1.82, 2.24) is 15.2 Å². The quantitative estimate of drug-likeness (QED) is 0.493. The lowest BCUT2D eigenvalue weighted by atomic mass is 10.1. The smallest absolute Gasteiger partial charge is 0.144 e. The second kappa shape index (κ2) is 9.91. The first-order valence-corrected chi connectivity index (χ1v) is 10.1. The molecule has 3 rings (SSSR count). The van der Waals surface area contributed by atoms with Gasteiger partial charge in [-0.3, -0.25) is 5.10 Å². The van der Waals surface area contributed by atoms with Crippen LogP contribution in [0.5, 0.6) is 0 Å². The van der Waals surface area contributed by atoms with Crippen LogP contribution in [0.1, 0.15) is 56.5 Å². The molecule has 0 unspecified atom stereocenters. The first-order valence-electron chi connectivity index (χ1n) is 10.1. The molecule has 0 aliphatic rings. The number of hydrogen-bond donors (Lipinski definition) is 1. The first-order chi connectivity index (χ1) is 13.3. The van der Waals surface area contributed by atoms with E-state index in [4.69, 9.17) is 0 Å². The average Bonchev–Trinajstić information content (AvgIpc) is 3.23. The van der Waals surface area contributed by atoms with Crippen molar-refractivity contribution in [2.24, 2.45) is 0 Å². The van der Waals surface area contributed by atoms with Gasteiger partial charge in [-0.1, -0.05) is 51.0 Å². The summed E-state index contributed by atoms with van der Waals surface area (Å²) in [7, 11) is 0. The van der Waals surface area contributed by atoms with Crippen molar-refractivity contribution in [2.45, 2.75) is 58.9 Å². The number of aromatic nitrogens is 3. The Hall–Kier alpha value is -2.62. The van der Waals surface area contributed by atoms with E-state index in [0.717, 1.165) is 18.7 Å². The van der Waals surface area contributed by atoms with Gasteiger partial charge >= 0.3 is 0 Å². The van der Waals surface area contributed by atoms with Gasteiger partial charge in [-0.05, 0) is 61.1 Å². The molecule has 2 aromatic carbocycles. The Morgan fingerprint density at radius 2 is 1.30 bits per heavy atom. The third-order valence-corrected chi connectivity index (χ3v) is 4.91. The van der Waals surface area contributed by atoms with Crippen LogP contribution in [0.25, 0.3) is 0 Å². The van der Waals surface area contributed by atoms with Gasteiger partial charge < -0.3 is 4.90 Å². The highest BCUT2D eigenvalue weighted by atomic mass is 15.2. The van der Waals surface area contributed by atoms with Gasteiger partial charge in [-0.15, -0.1) is 0 Å². The van der Waals surface area contributed by atoms with Crippen LogP contribution < -0.4 is 4.90 Å². The van der Waals surface area contributed by atoms with Crippen LogP contribution in [0.2, 0.25) is 0 Å². The van der Waals surface area contributed by atoms with Crippen LogP contribution in [0.3, 0.4) is 0 Å². The maximum absolute atomic E-state index is 4.31. The number of aryl methyl sites for hydroxylation is 2. The van der Waals surface area contributed by atoms with Crippen molar-refractivity contribution in [3.8, 4) is 0 Å². The van der Waals surface area contributed by atoms with E-state index < -0.39 is 0 Å². The number of aromatic amines is 1.